The van der Waals surface area contributed by atoms with E-state index < -0.39 is 34.3 Å². The highest BCUT2D eigenvalue weighted by atomic mass is 32.2. The maximum Gasteiger partial charge on any atom is 0.338 e. The van der Waals surface area contributed by atoms with Crippen LogP contribution in [0.2, 0.25) is 0 Å². The van der Waals surface area contributed by atoms with Crippen molar-refractivity contribution in [1.29, 1.82) is 5.26 Å². The van der Waals surface area contributed by atoms with Crippen molar-refractivity contribution >= 4 is 27.6 Å². The fourth-order valence-corrected chi connectivity index (χ4v) is 4.58. The Hall–Kier alpha value is -3.33. The van der Waals surface area contributed by atoms with Crippen LogP contribution in [-0.2, 0) is 24.3 Å². The molecule has 1 heterocycles. The van der Waals surface area contributed by atoms with Crippen LogP contribution >= 0.6 is 0 Å². The van der Waals surface area contributed by atoms with E-state index in [1.165, 1.54) is 57.7 Å². The monoisotopic (exact) mass is 475 g/mol. The van der Waals surface area contributed by atoms with Crippen molar-refractivity contribution in [2.45, 2.75) is 11.3 Å². The summed E-state index contributed by atoms with van der Waals surface area (Å²) in [6, 6.07) is 12.3. The molecule has 0 aliphatic carbocycles. The third kappa shape index (κ3) is 6.13. The second-order valence-corrected chi connectivity index (χ2v) is 8.98. The Morgan fingerprint density at radius 2 is 1.73 bits per heavy atom. The summed E-state index contributed by atoms with van der Waals surface area (Å²) in [4.78, 5) is 26.2. The second-order valence-electron chi connectivity index (χ2n) is 7.05. The van der Waals surface area contributed by atoms with Gasteiger partial charge >= 0.3 is 5.97 Å². The van der Waals surface area contributed by atoms with E-state index in [4.69, 9.17) is 14.7 Å². The van der Waals surface area contributed by atoms with E-state index in [0.29, 0.717) is 18.9 Å². The third-order valence-electron chi connectivity index (χ3n) is 4.91. The Morgan fingerprint density at radius 1 is 1.09 bits per heavy atom. The van der Waals surface area contributed by atoms with Crippen LogP contribution in [0.15, 0.2) is 53.4 Å². The number of hydrogen-bond acceptors (Lipinski definition) is 7. The average Bonchev–Trinajstić information content (AvgIpc) is 2.84. The number of sulfonamides is 1. The Balaban J connectivity index is 1.63. The zero-order chi connectivity index (χ0) is 23.8. The van der Waals surface area contributed by atoms with Crippen molar-refractivity contribution in [3.8, 4) is 6.07 Å². The van der Waals surface area contributed by atoms with Crippen LogP contribution in [0.4, 0.5) is 10.1 Å². The molecule has 1 fully saturated rings. The zero-order valence-corrected chi connectivity index (χ0v) is 18.5. The van der Waals surface area contributed by atoms with Crippen LogP contribution in [0.25, 0.3) is 0 Å². The van der Waals surface area contributed by atoms with Crippen molar-refractivity contribution < 1.29 is 31.9 Å². The van der Waals surface area contributed by atoms with Gasteiger partial charge in [0.05, 0.1) is 36.2 Å². The van der Waals surface area contributed by atoms with E-state index in [-0.39, 0.29) is 36.5 Å². The molecule has 0 bridgehead atoms. The first-order valence-corrected chi connectivity index (χ1v) is 11.5. The highest BCUT2D eigenvalue weighted by molar-refractivity contribution is 7.89. The fourth-order valence-electron chi connectivity index (χ4n) is 3.17. The predicted molar refractivity (Wildman–Crippen MR) is 115 cm³/mol. The van der Waals surface area contributed by atoms with Crippen LogP contribution in [0.3, 0.4) is 0 Å². The van der Waals surface area contributed by atoms with Crippen LogP contribution in [0.5, 0.6) is 0 Å². The van der Waals surface area contributed by atoms with Crippen LogP contribution in [0.1, 0.15) is 16.8 Å². The van der Waals surface area contributed by atoms with Crippen molar-refractivity contribution in [2.24, 2.45) is 0 Å². The number of ether oxygens (including phenoxy) is 2. The molecule has 2 aromatic carbocycles. The Kier molecular flexibility index (Phi) is 8.11. The summed E-state index contributed by atoms with van der Waals surface area (Å²) in [5.41, 5.74) is 0.444. The number of esters is 1. The van der Waals surface area contributed by atoms with E-state index in [0.717, 1.165) is 0 Å². The van der Waals surface area contributed by atoms with E-state index in [1.54, 1.807) is 0 Å². The average molecular weight is 475 g/mol. The van der Waals surface area contributed by atoms with Crippen molar-refractivity contribution in [1.82, 2.24) is 4.31 Å². The van der Waals surface area contributed by atoms with Gasteiger partial charge in [-0.2, -0.15) is 9.57 Å². The molecule has 1 aliphatic rings. The molecule has 0 saturated carbocycles. The molecular formula is C22H22FN3O6S. The lowest BCUT2D eigenvalue weighted by Gasteiger charge is -2.26. The summed E-state index contributed by atoms with van der Waals surface area (Å²) < 4.78 is 50.1. The maximum atomic E-state index is 13.2. The minimum absolute atomic E-state index is 0.0378. The van der Waals surface area contributed by atoms with Gasteiger partial charge in [-0.05, 0) is 48.5 Å². The van der Waals surface area contributed by atoms with Crippen molar-refractivity contribution in [3.63, 3.8) is 0 Å². The zero-order valence-electron chi connectivity index (χ0n) is 17.6. The van der Waals surface area contributed by atoms with Gasteiger partial charge in [0.25, 0.3) is 5.91 Å². The van der Waals surface area contributed by atoms with Gasteiger partial charge < -0.3 is 14.4 Å². The van der Waals surface area contributed by atoms with Crippen molar-refractivity contribution in [3.05, 3.63) is 59.9 Å². The summed E-state index contributed by atoms with van der Waals surface area (Å²) >= 11 is 0. The van der Waals surface area contributed by atoms with Gasteiger partial charge in [-0.3, -0.25) is 4.79 Å². The number of nitriles is 1. The van der Waals surface area contributed by atoms with Crippen LogP contribution in [0, 0.1) is 17.1 Å². The summed E-state index contributed by atoms with van der Waals surface area (Å²) in [5, 5.41) is 8.83. The molecular weight excluding hydrogens is 453 g/mol. The molecule has 9 nitrogen and oxygen atoms in total. The summed E-state index contributed by atoms with van der Waals surface area (Å²) in [6.45, 7) is 0.596. The SMILES string of the molecule is N#CCCN(C(=O)COC(=O)c1ccc(S(=O)(=O)N2CCOCC2)cc1)c1ccc(F)cc1. The Bertz CT molecular complexity index is 1120. The number of benzene rings is 2. The van der Waals surface area contributed by atoms with E-state index in [1.807, 2.05) is 6.07 Å². The number of rotatable bonds is 8. The third-order valence-corrected chi connectivity index (χ3v) is 6.82. The number of anilines is 1. The van der Waals surface area contributed by atoms with E-state index in [9.17, 15) is 22.4 Å². The minimum Gasteiger partial charge on any atom is -0.452 e. The predicted octanol–water partition coefficient (Wildman–Crippen LogP) is 1.95. The first kappa shape index (κ1) is 24.3. The number of hydrogen-bond donors (Lipinski definition) is 0. The topological polar surface area (TPSA) is 117 Å². The smallest absolute Gasteiger partial charge is 0.338 e. The number of carbonyl (C=O) groups excluding carboxylic acids is 2. The largest absolute Gasteiger partial charge is 0.452 e. The summed E-state index contributed by atoms with van der Waals surface area (Å²) in [7, 11) is -3.70. The molecule has 11 heteroatoms. The molecule has 1 saturated heterocycles. The molecule has 3 rings (SSSR count). The standard InChI is InChI=1S/C22H22FN3O6S/c23-18-4-6-19(7-5-18)26(11-1-10-24)21(27)16-32-22(28)17-2-8-20(9-3-17)33(29,30)25-12-14-31-15-13-25/h2-9H,1,11-16H2. The number of amides is 1. The number of halogens is 1. The highest BCUT2D eigenvalue weighted by Gasteiger charge is 2.26. The lowest BCUT2D eigenvalue weighted by Crippen LogP contribution is -2.40. The van der Waals surface area contributed by atoms with Gasteiger partial charge in [0.15, 0.2) is 6.61 Å². The molecule has 1 amide bonds. The van der Waals surface area contributed by atoms with Gasteiger partial charge in [-0.25, -0.2) is 17.6 Å². The first-order valence-electron chi connectivity index (χ1n) is 10.1. The summed E-state index contributed by atoms with van der Waals surface area (Å²) in [5.74, 6) is -1.87. The summed E-state index contributed by atoms with van der Waals surface area (Å²) in [6.07, 6.45) is 0.0378. The molecule has 0 spiro atoms. The molecule has 0 aromatic heterocycles. The first-order chi connectivity index (χ1) is 15.8. The maximum absolute atomic E-state index is 13.2. The lowest BCUT2D eigenvalue weighted by molar-refractivity contribution is -0.121. The molecule has 33 heavy (non-hydrogen) atoms. The molecule has 0 radical (unpaired) electrons. The molecule has 174 valence electrons. The minimum atomic E-state index is -3.70. The highest BCUT2D eigenvalue weighted by Crippen LogP contribution is 2.19. The van der Waals surface area contributed by atoms with Gasteiger partial charge in [0.2, 0.25) is 10.0 Å². The van der Waals surface area contributed by atoms with Crippen molar-refractivity contribution in [2.75, 3.05) is 44.4 Å². The molecule has 1 aliphatic heterocycles. The van der Waals surface area contributed by atoms with Crippen LogP contribution < -0.4 is 4.90 Å². The second kappa shape index (κ2) is 11.0. The van der Waals surface area contributed by atoms with E-state index in [2.05, 4.69) is 0 Å². The number of nitrogens with zero attached hydrogens (tertiary/aromatic N) is 3. The molecule has 0 atom stereocenters. The molecule has 0 N–H and O–H groups in total. The quantitative estimate of drug-likeness (QED) is 0.536. The Labute approximate surface area is 191 Å². The number of carbonyl (C=O) groups is 2. The van der Waals surface area contributed by atoms with Gasteiger partial charge in [0, 0.05) is 25.3 Å². The van der Waals surface area contributed by atoms with Crippen LogP contribution in [-0.4, -0.2) is 64.1 Å². The van der Waals surface area contributed by atoms with E-state index >= 15 is 0 Å². The van der Waals surface area contributed by atoms with Gasteiger partial charge in [-0.1, -0.05) is 0 Å². The fraction of sp³-hybridized carbons (Fsp3) is 0.318. The Morgan fingerprint density at radius 3 is 2.33 bits per heavy atom. The molecule has 0 unspecified atom stereocenters. The lowest BCUT2D eigenvalue weighted by atomic mass is 10.2. The van der Waals surface area contributed by atoms with Gasteiger partial charge in [0.1, 0.15) is 5.82 Å². The number of morpholine rings is 1. The van der Waals surface area contributed by atoms with Gasteiger partial charge in [-0.15, -0.1) is 0 Å². The normalized spacial score (nSPS) is 14.3. The molecule has 2 aromatic rings.